The highest BCUT2D eigenvalue weighted by Crippen LogP contribution is 2.43. The molecule has 0 bridgehead atoms. The number of aromatic carboxylic acids is 2. The van der Waals surface area contributed by atoms with Crippen molar-refractivity contribution in [3.05, 3.63) is 171 Å². The van der Waals surface area contributed by atoms with Gasteiger partial charge in [0.1, 0.15) is 34.2 Å². The number of benzene rings is 6. The van der Waals surface area contributed by atoms with Crippen LogP contribution >= 0.6 is 0 Å². The summed E-state index contributed by atoms with van der Waals surface area (Å²) in [5.74, 6) is -0.208. The minimum Gasteiger partial charge on any atom is -0.508 e. The molecule has 0 saturated heterocycles. The Kier molecular flexibility index (Phi) is 14.8. The molecule has 0 fully saturated rings. The number of Topliss-reactive ketones (excluding diaryl/α,β-unsaturated/α-hetero) is 1. The van der Waals surface area contributed by atoms with Crippen LogP contribution in [-0.2, 0) is 4.79 Å². The fraction of sp³-hybridized carbons (Fsp3) is 0.173. The SMILES string of the molecule is C=C(NC)C(C)C.CC(=O)C(C)C.Cc1ccc2c(-c3ccccc3C(=O)O)c3ccc(=O)cc-3oc2c1.O=C(O)c1ccccc1-c1c2ccc(=O)cc-2oc2cc(O)ccc12. The Morgan fingerprint density at radius 3 is 1.41 bits per heavy atom. The number of hydrogen-bond acceptors (Lipinski definition) is 9. The number of fused-ring (bicyclic) bond motifs is 4. The van der Waals surface area contributed by atoms with Gasteiger partial charge in [0, 0.05) is 69.9 Å². The van der Waals surface area contributed by atoms with Crippen LogP contribution in [0.25, 0.3) is 66.8 Å². The maximum Gasteiger partial charge on any atom is 0.336 e. The van der Waals surface area contributed by atoms with E-state index in [1.807, 2.05) is 46.0 Å². The van der Waals surface area contributed by atoms with Crippen molar-refractivity contribution in [3.63, 3.8) is 0 Å². The number of aromatic hydroxyl groups is 1. The molecule has 0 spiro atoms. The third kappa shape index (κ3) is 10.9. The van der Waals surface area contributed by atoms with E-state index in [2.05, 4.69) is 25.7 Å². The number of phenols is 1. The zero-order chi connectivity index (χ0) is 46.1. The van der Waals surface area contributed by atoms with Gasteiger partial charge in [-0.3, -0.25) is 14.4 Å². The number of carboxylic acids is 2. The Labute approximate surface area is 364 Å². The molecule has 4 aliphatic rings. The lowest BCUT2D eigenvalue weighted by atomic mass is 9.90. The fourth-order valence-electron chi connectivity index (χ4n) is 6.48. The molecular formula is C52H49NO10. The van der Waals surface area contributed by atoms with E-state index in [-0.39, 0.29) is 39.4 Å². The average molecular weight is 848 g/mol. The van der Waals surface area contributed by atoms with Crippen LogP contribution in [0.4, 0.5) is 0 Å². The Morgan fingerprint density at radius 1 is 0.587 bits per heavy atom. The molecule has 322 valence electrons. The topological polar surface area (TPSA) is 184 Å². The summed E-state index contributed by atoms with van der Waals surface area (Å²) in [4.78, 5) is 57.0. The van der Waals surface area contributed by atoms with Gasteiger partial charge >= 0.3 is 11.9 Å². The molecule has 63 heavy (non-hydrogen) atoms. The molecule has 0 amide bonds. The highest BCUT2D eigenvalue weighted by molar-refractivity contribution is 6.08. The number of carboxylic acid groups (broad SMARTS) is 2. The highest BCUT2D eigenvalue weighted by atomic mass is 16.4. The summed E-state index contributed by atoms with van der Waals surface area (Å²) in [5, 5.41) is 33.3. The minimum atomic E-state index is -1.04. The van der Waals surface area contributed by atoms with Gasteiger partial charge in [-0.05, 0) is 91.1 Å². The van der Waals surface area contributed by atoms with Crippen LogP contribution in [0.3, 0.4) is 0 Å². The van der Waals surface area contributed by atoms with Crippen LogP contribution in [0.5, 0.6) is 5.75 Å². The molecule has 8 rings (SSSR count). The number of allylic oxidation sites excluding steroid dienone is 1. The van der Waals surface area contributed by atoms with E-state index in [9.17, 15) is 39.3 Å². The van der Waals surface area contributed by atoms with E-state index in [1.54, 1.807) is 67.6 Å². The molecule has 11 heteroatoms. The van der Waals surface area contributed by atoms with Crippen LogP contribution in [0, 0.1) is 18.8 Å². The lowest BCUT2D eigenvalue weighted by molar-refractivity contribution is -0.119. The summed E-state index contributed by atoms with van der Waals surface area (Å²) in [6.07, 6.45) is 0. The second kappa shape index (κ2) is 20.2. The number of aryl methyl sites for hydroxylation is 1. The predicted molar refractivity (Wildman–Crippen MR) is 248 cm³/mol. The third-order valence-corrected chi connectivity index (χ3v) is 10.2. The van der Waals surface area contributed by atoms with Crippen molar-refractivity contribution in [1.82, 2.24) is 5.32 Å². The van der Waals surface area contributed by atoms with Gasteiger partial charge in [-0.25, -0.2) is 9.59 Å². The summed E-state index contributed by atoms with van der Waals surface area (Å²) >= 11 is 0. The van der Waals surface area contributed by atoms with Crippen molar-refractivity contribution >= 4 is 39.7 Å². The Balaban J connectivity index is 0.000000186. The summed E-state index contributed by atoms with van der Waals surface area (Å²) in [6.45, 7) is 15.3. The summed E-state index contributed by atoms with van der Waals surface area (Å²) in [5.41, 5.74) is 6.97. The predicted octanol–water partition coefficient (Wildman–Crippen LogP) is 11.1. The maximum absolute atomic E-state index is 11.8. The van der Waals surface area contributed by atoms with E-state index in [0.29, 0.717) is 61.8 Å². The largest absolute Gasteiger partial charge is 0.508 e. The van der Waals surface area contributed by atoms with Crippen molar-refractivity contribution < 1.29 is 38.5 Å². The zero-order valence-electron chi connectivity index (χ0n) is 36.1. The lowest BCUT2D eigenvalue weighted by Gasteiger charge is -2.16. The van der Waals surface area contributed by atoms with Gasteiger partial charge < -0.3 is 29.5 Å². The monoisotopic (exact) mass is 847 g/mol. The van der Waals surface area contributed by atoms with Gasteiger partial charge in [-0.15, -0.1) is 0 Å². The van der Waals surface area contributed by atoms with Crippen LogP contribution in [0.15, 0.2) is 152 Å². The number of rotatable bonds is 7. The molecule has 4 aromatic carbocycles. The number of carbonyl (C=O) groups is 3. The number of phenolic OH excluding ortho intramolecular Hbond substituents is 1. The van der Waals surface area contributed by atoms with Crippen molar-refractivity contribution in [1.29, 1.82) is 0 Å². The summed E-state index contributed by atoms with van der Waals surface area (Å²) < 4.78 is 11.7. The van der Waals surface area contributed by atoms with E-state index < -0.39 is 11.9 Å². The van der Waals surface area contributed by atoms with E-state index in [4.69, 9.17) is 8.83 Å². The van der Waals surface area contributed by atoms with Crippen molar-refractivity contribution in [3.8, 4) is 50.7 Å². The molecule has 11 nitrogen and oxygen atoms in total. The van der Waals surface area contributed by atoms with Crippen molar-refractivity contribution in [2.75, 3.05) is 7.05 Å². The van der Waals surface area contributed by atoms with Gasteiger partial charge in [0.2, 0.25) is 0 Å². The second-order valence-electron chi connectivity index (χ2n) is 15.3. The first-order chi connectivity index (χ1) is 29.9. The van der Waals surface area contributed by atoms with Crippen LogP contribution in [0.1, 0.15) is 60.9 Å². The molecular weight excluding hydrogens is 799 g/mol. The first-order valence-electron chi connectivity index (χ1n) is 20.1. The number of ketones is 1. The van der Waals surface area contributed by atoms with Crippen LogP contribution < -0.4 is 16.2 Å². The van der Waals surface area contributed by atoms with Crippen molar-refractivity contribution in [2.24, 2.45) is 11.8 Å². The molecule has 4 N–H and O–H groups in total. The Bertz CT molecular complexity index is 2840. The highest BCUT2D eigenvalue weighted by Gasteiger charge is 2.23. The second-order valence-corrected chi connectivity index (χ2v) is 15.3. The summed E-state index contributed by atoms with van der Waals surface area (Å²) in [7, 11) is 1.89. The normalized spacial score (nSPS) is 10.7. The standard InChI is InChI=1S/C21H14O4.C20H12O5.C6H13N.C5H10O/c1-12-6-8-16-18(10-12)25-19-11-13(22)7-9-17(19)20(16)14-4-2-3-5-15(14)21(23)24;21-11-5-7-15-17(9-11)25-18-10-12(22)6-8-16(18)19(15)13-3-1-2-4-14(13)20(23)24;1-5(2)6(3)7-4;1-4(2)5(3)6/h2-11H,1H3,(H,23,24);1-10,21H,(H,23,24);5,7H,3H2,1-2,4H3;4H,1-3H3. The maximum atomic E-state index is 11.8. The fourth-order valence-corrected chi connectivity index (χ4v) is 6.48. The van der Waals surface area contributed by atoms with Gasteiger partial charge in [-0.2, -0.15) is 0 Å². The molecule has 0 radical (unpaired) electrons. The molecule has 0 saturated carbocycles. The summed E-state index contributed by atoms with van der Waals surface area (Å²) in [6, 6.07) is 32.9. The van der Waals surface area contributed by atoms with Gasteiger partial charge in [0.05, 0.1) is 11.1 Å². The smallest absolute Gasteiger partial charge is 0.336 e. The molecule has 4 aromatic rings. The van der Waals surface area contributed by atoms with Crippen LogP contribution in [0.2, 0.25) is 0 Å². The average Bonchev–Trinajstić information content (AvgIpc) is 3.24. The molecule has 2 aliphatic heterocycles. The molecule has 0 unspecified atom stereocenters. The zero-order valence-corrected chi connectivity index (χ0v) is 36.1. The molecule has 2 heterocycles. The minimum absolute atomic E-state index is 0.0198. The molecule has 2 aliphatic carbocycles. The van der Waals surface area contributed by atoms with E-state index in [0.717, 1.165) is 22.2 Å². The van der Waals surface area contributed by atoms with E-state index >= 15 is 0 Å². The quantitative estimate of drug-likeness (QED) is 0.112. The van der Waals surface area contributed by atoms with Gasteiger partial charge in [0.15, 0.2) is 10.9 Å². The molecule has 0 aromatic heterocycles. The lowest BCUT2D eigenvalue weighted by Crippen LogP contribution is -2.09. The first kappa shape index (κ1) is 46.3. The number of carbonyl (C=O) groups excluding carboxylic acids is 1. The Hall–Kier alpha value is -7.79. The van der Waals surface area contributed by atoms with Crippen LogP contribution in [-0.4, -0.2) is 40.1 Å². The Morgan fingerprint density at radius 2 is 1.02 bits per heavy atom. The third-order valence-electron chi connectivity index (χ3n) is 10.2. The van der Waals surface area contributed by atoms with Crippen molar-refractivity contribution in [2.45, 2.75) is 41.5 Å². The first-order valence-corrected chi connectivity index (χ1v) is 20.1. The number of nitrogens with one attached hydrogen (secondary N) is 1. The van der Waals surface area contributed by atoms with Gasteiger partial charge in [-0.1, -0.05) is 82.8 Å². The van der Waals surface area contributed by atoms with Gasteiger partial charge in [0.25, 0.3) is 0 Å². The van der Waals surface area contributed by atoms with E-state index in [1.165, 1.54) is 42.5 Å². The molecule has 0 atom stereocenters. The number of hydrogen-bond donors (Lipinski definition) is 4.